The highest BCUT2D eigenvalue weighted by atomic mass is 16.8. The van der Waals surface area contributed by atoms with Gasteiger partial charge in [0.15, 0.2) is 11.5 Å². The summed E-state index contributed by atoms with van der Waals surface area (Å²) in [6.07, 6.45) is 0.967. The third kappa shape index (κ3) is 2.65. The fraction of sp³-hybridized carbons (Fsp3) is 0.476. The number of aliphatic hydroxyl groups excluding tert-OH is 1. The molecular formula is C21H23NO8. The topological polar surface area (TPSA) is 95.9 Å². The predicted octanol–water partition coefficient (Wildman–Crippen LogP) is 1.33. The van der Waals surface area contributed by atoms with Crippen LogP contribution in [0.1, 0.15) is 11.5 Å². The number of hydrogen-bond acceptors (Lipinski definition) is 9. The monoisotopic (exact) mass is 417 g/mol. The van der Waals surface area contributed by atoms with Crippen molar-refractivity contribution in [2.75, 3.05) is 41.3 Å². The van der Waals surface area contributed by atoms with E-state index >= 15 is 0 Å². The summed E-state index contributed by atoms with van der Waals surface area (Å²) in [7, 11) is 4.64. The van der Waals surface area contributed by atoms with Crippen LogP contribution in [0, 0.1) is 11.8 Å². The number of methoxy groups -OCH3 is 3. The Kier molecular flexibility index (Phi) is 4.52. The Balaban J connectivity index is 1.69. The standard InChI is InChI=1S/C21H23NO8/c1-25-14-4-10(5-15(26-2)20(14)27-3)17-12-7-22-16(29-9-30-22)6-11(12)19(23)13-8-28-21(24)18(13)17/h4-6,13,17-19,23H,7-9H2,1-3H3/t13-,17+,18-,19-/m0/s1. The lowest BCUT2D eigenvalue weighted by atomic mass is 9.65. The van der Waals surface area contributed by atoms with Crippen LogP contribution >= 0.6 is 0 Å². The van der Waals surface area contributed by atoms with E-state index in [-0.39, 0.29) is 31.2 Å². The molecule has 0 radical (unpaired) electrons. The number of ether oxygens (including phenoxy) is 5. The van der Waals surface area contributed by atoms with Gasteiger partial charge in [0.2, 0.25) is 18.4 Å². The third-order valence-corrected chi connectivity index (χ3v) is 6.28. The van der Waals surface area contributed by atoms with Crippen molar-refractivity contribution in [3.05, 3.63) is 40.8 Å². The highest BCUT2D eigenvalue weighted by Gasteiger charge is 2.53. The molecule has 1 N–H and O–H groups in total. The van der Waals surface area contributed by atoms with Gasteiger partial charge in [-0.05, 0) is 28.8 Å². The fourth-order valence-corrected chi connectivity index (χ4v) is 4.91. The molecule has 0 unspecified atom stereocenters. The van der Waals surface area contributed by atoms with Crippen molar-refractivity contribution >= 4 is 5.97 Å². The van der Waals surface area contributed by atoms with Crippen LogP contribution < -0.4 is 14.2 Å². The molecule has 4 aliphatic rings. The van der Waals surface area contributed by atoms with Crippen molar-refractivity contribution in [2.45, 2.75) is 12.0 Å². The van der Waals surface area contributed by atoms with E-state index in [4.69, 9.17) is 28.5 Å². The number of hydrogen-bond donors (Lipinski definition) is 1. The summed E-state index contributed by atoms with van der Waals surface area (Å²) in [6.45, 7) is 0.662. The van der Waals surface area contributed by atoms with Crippen molar-refractivity contribution in [1.29, 1.82) is 0 Å². The molecule has 0 bridgehead atoms. The third-order valence-electron chi connectivity index (χ3n) is 6.28. The zero-order valence-corrected chi connectivity index (χ0v) is 16.9. The lowest BCUT2D eigenvalue weighted by Crippen LogP contribution is -2.43. The number of esters is 1. The molecule has 1 aromatic carbocycles. The van der Waals surface area contributed by atoms with Crippen LogP contribution in [0.15, 0.2) is 35.2 Å². The number of benzene rings is 1. The number of carbonyl (C=O) groups excluding carboxylic acids is 1. The second kappa shape index (κ2) is 7.10. The summed E-state index contributed by atoms with van der Waals surface area (Å²) in [4.78, 5) is 18.3. The molecule has 1 aromatic rings. The minimum Gasteiger partial charge on any atom is -0.493 e. The van der Waals surface area contributed by atoms with Gasteiger partial charge in [-0.15, -0.1) is 0 Å². The molecule has 5 rings (SSSR count). The van der Waals surface area contributed by atoms with Crippen LogP contribution in [0.3, 0.4) is 0 Å². The largest absolute Gasteiger partial charge is 0.493 e. The van der Waals surface area contributed by atoms with Gasteiger partial charge in [0.25, 0.3) is 0 Å². The number of hydroxylamine groups is 2. The zero-order chi connectivity index (χ0) is 21.0. The molecule has 1 aliphatic carbocycles. The van der Waals surface area contributed by atoms with Gasteiger partial charge < -0.3 is 28.8 Å². The fourth-order valence-electron chi connectivity index (χ4n) is 4.91. The summed E-state index contributed by atoms with van der Waals surface area (Å²) in [6, 6.07) is 3.69. The van der Waals surface area contributed by atoms with E-state index in [0.29, 0.717) is 29.7 Å². The summed E-state index contributed by atoms with van der Waals surface area (Å²) in [5.41, 5.74) is 2.44. The normalized spacial score (nSPS) is 29.4. The van der Waals surface area contributed by atoms with E-state index in [2.05, 4.69) is 0 Å². The molecule has 9 heteroatoms. The van der Waals surface area contributed by atoms with E-state index in [0.717, 1.165) is 16.7 Å². The van der Waals surface area contributed by atoms with E-state index < -0.39 is 12.0 Å². The molecule has 4 atom stereocenters. The predicted molar refractivity (Wildman–Crippen MR) is 102 cm³/mol. The molecule has 0 amide bonds. The number of fused-ring (bicyclic) bond motifs is 2. The maximum Gasteiger partial charge on any atom is 0.310 e. The highest BCUT2D eigenvalue weighted by Crippen LogP contribution is 2.52. The molecule has 160 valence electrons. The average Bonchev–Trinajstić information content (AvgIpc) is 3.38. The number of nitrogens with zero attached hydrogens (tertiary/aromatic N) is 1. The summed E-state index contributed by atoms with van der Waals surface area (Å²) in [5.74, 6) is 0.469. The van der Waals surface area contributed by atoms with Gasteiger partial charge in [-0.1, -0.05) is 0 Å². The van der Waals surface area contributed by atoms with Gasteiger partial charge in [0.05, 0.1) is 46.5 Å². The molecule has 0 aromatic heterocycles. The number of rotatable bonds is 4. The Morgan fingerprint density at radius 2 is 1.83 bits per heavy atom. The first-order valence-electron chi connectivity index (χ1n) is 9.69. The lowest BCUT2D eigenvalue weighted by molar-refractivity contribution is -0.142. The van der Waals surface area contributed by atoms with Gasteiger partial charge >= 0.3 is 5.97 Å². The van der Waals surface area contributed by atoms with Crippen molar-refractivity contribution in [3.63, 3.8) is 0 Å². The molecule has 2 saturated heterocycles. The lowest BCUT2D eigenvalue weighted by Gasteiger charge is -2.40. The minimum absolute atomic E-state index is 0.117. The van der Waals surface area contributed by atoms with Crippen LogP contribution in [-0.4, -0.2) is 63.5 Å². The van der Waals surface area contributed by atoms with Crippen molar-refractivity contribution in [2.24, 2.45) is 11.8 Å². The first kappa shape index (κ1) is 19.1. The maximum atomic E-state index is 12.7. The minimum atomic E-state index is -0.825. The SMILES string of the molecule is COc1cc([C@@H]2C3=C(C=C4OCON4C3)[C@H](O)[C@H]3COC(=O)[C@@H]32)cc(OC)c1OC. The van der Waals surface area contributed by atoms with Crippen molar-refractivity contribution in [3.8, 4) is 17.2 Å². The van der Waals surface area contributed by atoms with Crippen LogP contribution in [-0.2, 0) is 19.1 Å². The Labute approximate surface area is 173 Å². The molecule has 0 saturated carbocycles. The van der Waals surface area contributed by atoms with Crippen molar-refractivity contribution < 1.29 is 38.4 Å². The summed E-state index contributed by atoms with van der Waals surface area (Å²) < 4.78 is 27.3. The number of aliphatic hydroxyl groups is 1. The smallest absolute Gasteiger partial charge is 0.310 e. The highest BCUT2D eigenvalue weighted by molar-refractivity contribution is 5.78. The maximum absolute atomic E-state index is 12.7. The number of carbonyl (C=O) groups is 1. The molecular weight excluding hydrogens is 394 g/mol. The quantitative estimate of drug-likeness (QED) is 0.728. The second-order valence-electron chi connectivity index (χ2n) is 7.59. The average molecular weight is 417 g/mol. The van der Waals surface area contributed by atoms with Crippen LogP contribution in [0.2, 0.25) is 0 Å². The molecule has 3 aliphatic heterocycles. The van der Waals surface area contributed by atoms with E-state index in [1.54, 1.807) is 32.5 Å². The van der Waals surface area contributed by atoms with E-state index in [1.807, 2.05) is 12.1 Å². The summed E-state index contributed by atoms with van der Waals surface area (Å²) in [5, 5.41) is 12.7. The van der Waals surface area contributed by atoms with E-state index in [9.17, 15) is 9.90 Å². The van der Waals surface area contributed by atoms with Gasteiger partial charge in [0, 0.05) is 17.9 Å². The second-order valence-corrected chi connectivity index (χ2v) is 7.59. The Morgan fingerprint density at radius 1 is 1.10 bits per heavy atom. The first-order valence-corrected chi connectivity index (χ1v) is 9.69. The Morgan fingerprint density at radius 3 is 2.50 bits per heavy atom. The molecule has 30 heavy (non-hydrogen) atoms. The first-order chi connectivity index (χ1) is 14.6. The number of cyclic esters (lactones) is 1. The zero-order valence-electron chi connectivity index (χ0n) is 16.9. The van der Waals surface area contributed by atoms with Crippen LogP contribution in [0.4, 0.5) is 0 Å². The Bertz CT molecular complexity index is 929. The van der Waals surface area contributed by atoms with Crippen molar-refractivity contribution in [1.82, 2.24) is 5.06 Å². The van der Waals surface area contributed by atoms with Gasteiger partial charge in [-0.3, -0.25) is 4.79 Å². The van der Waals surface area contributed by atoms with Crippen LogP contribution in [0.5, 0.6) is 17.2 Å². The Hall–Kier alpha value is -2.91. The van der Waals surface area contributed by atoms with Crippen LogP contribution in [0.25, 0.3) is 0 Å². The summed E-state index contributed by atoms with van der Waals surface area (Å²) >= 11 is 0. The van der Waals surface area contributed by atoms with Gasteiger partial charge in [-0.2, -0.15) is 0 Å². The molecule has 0 spiro atoms. The molecule has 3 heterocycles. The van der Waals surface area contributed by atoms with Gasteiger partial charge in [-0.25, -0.2) is 9.90 Å². The molecule has 2 fully saturated rings. The van der Waals surface area contributed by atoms with E-state index in [1.165, 1.54) is 0 Å². The molecule has 9 nitrogen and oxygen atoms in total. The van der Waals surface area contributed by atoms with Gasteiger partial charge in [0.1, 0.15) is 0 Å².